The largest absolute Gasteiger partial charge is 0.398 e. The number of nitrogens with two attached hydrogens (primary N) is 1. The first kappa shape index (κ1) is 9.99. The summed E-state index contributed by atoms with van der Waals surface area (Å²) in [7, 11) is 0. The van der Waals surface area contributed by atoms with E-state index in [1.165, 1.54) is 21.2 Å². The van der Waals surface area contributed by atoms with Gasteiger partial charge in [0.05, 0.1) is 5.69 Å². The molecule has 1 aromatic carbocycles. The third-order valence-corrected chi connectivity index (χ3v) is 3.98. The van der Waals surface area contributed by atoms with Gasteiger partial charge in [-0.3, -0.25) is 0 Å². The molecule has 74 valence electrons. The first-order valence-corrected chi connectivity index (χ1v) is 6.60. The second kappa shape index (κ2) is 3.91. The summed E-state index contributed by atoms with van der Waals surface area (Å²) >= 11 is 5.21. The van der Waals surface area contributed by atoms with Crippen LogP contribution >= 0.6 is 27.3 Å². The molecule has 0 atom stereocenters. The molecular formula is C11H12BrNS. The molecule has 1 heterocycles. The number of anilines is 1. The van der Waals surface area contributed by atoms with Gasteiger partial charge in [-0.2, -0.15) is 0 Å². The Morgan fingerprint density at radius 1 is 1.43 bits per heavy atom. The summed E-state index contributed by atoms with van der Waals surface area (Å²) in [6, 6.07) is 4.45. The Balaban J connectivity index is 2.76. The molecule has 14 heavy (non-hydrogen) atoms. The van der Waals surface area contributed by atoms with Gasteiger partial charge >= 0.3 is 0 Å². The van der Waals surface area contributed by atoms with Crippen molar-refractivity contribution in [2.75, 3.05) is 5.73 Å². The summed E-state index contributed by atoms with van der Waals surface area (Å²) in [6.07, 6.45) is 1.04. The van der Waals surface area contributed by atoms with E-state index in [-0.39, 0.29) is 0 Å². The Labute approximate surface area is 96.1 Å². The lowest BCUT2D eigenvalue weighted by Crippen LogP contribution is -1.89. The zero-order valence-corrected chi connectivity index (χ0v) is 10.4. The van der Waals surface area contributed by atoms with Crippen molar-refractivity contribution in [2.24, 2.45) is 0 Å². The number of hydrogen-bond acceptors (Lipinski definition) is 2. The molecule has 0 bridgehead atoms. The molecule has 2 aromatic rings. The van der Waals surface area contributed by atoms with E-state index in [1.807, 2.05) is 5.38 Å². The Kier molecular flexibility index (Phi) is 2.79. The van der Waals surface area contributed by atoms with Crippen LogP contribution in [0.25, 0.3) is 10.1 Å². The highest BCUT2D eigenvalue weighted by Crippen LogP contribution is 2.33. The van der Waals surface area contributed by atoms with Gasteiger partial charge in [-0.05, 0) is 23.6 Å². The second-order valence-corrected chi connectivity index (χ2v) is 4.78. The average molecular weight is 270 g/mol. The van der Waals surface area contributed by atoms with E-state index in [0.717, 1.165) is 17.4 Å². The molecule has 0 saturated carbocycles. The van der Waals surface area contributed by atoms with Gasteiger partial charge in [0.1, 0.15) is 0 Å². The minimum absolute atomic E-state index is 0.910. The molecular weight excluding hydrogens is 258 g/mol. The molecule has 0 amide bonds. The Bertz CT molecular complexity index is 462. The number of fused-ring (bicyclic) bond motifs is 1. The monoisotopic (exact) mass is 269 g/mol. The molecule has 1 aromatic heterocycles. The molecule has 0 fully saturated rings. The molecule has 0 aliphatic rings. The van der Waals surface area contributed by atoms with Crippen LogP contribution in [0.15, 0.2) is 17.5 Å². The van der Waals surface area contributed by atoms with Crippen molar-refractivity contribution < 1.29 is 0 Å². The van der Waals surface area contributed by atoms with Gasteiger partial charge in [-0.1, -0.05) is 28.9 Å². The summed E-state index contributed by atoms with van der Waals surface area (Å²) in [4.78, 5) is 0. The van der Waals surface area contributed by atoms with Gasteiger partial charge in [0.15, 0.2) is 0 Å². The summed E-state index contributed by atoms with van der Waals surface area (Å²) in [6.45, 7) is 2.17. The maximum atomic E-state index is 5.94. The number of halogens is 1. The quantitative estimate of drug-likeness (QED) is 0.822. The predicted octanol–water partition coefficient (Wildman–Crippen LogP) is 3.94. The lowest BCUT2D eigenvalue weighted by atomic mass is 10.0. The number of thiophene rings is 1. The van der Waals surface area contributed by atoms with E-state index >= 15 is 0 Å². The average Bonchev–Trinajstić information content (AvgIpc) is 2.59. The predicted molar refractivity (Wildman–Crippen MR) is 68.2 cm³/mol. The summed E-state index contributed by atoms with van der Waals surface area (Å²) < 4.78 is 1.30. The lowest BCUT2D eigenvalue weighted by molar-refractivity contribution is 1.15. The van der Waals surface area contributed by atoms with Crippen molar-refractivity contribution >= 4 is 43.0 Å². The van der Waals surface area contributed by atoms with E-state index in [0.29, 0.717) is 0 Å². The highest BCUT2D eigenvalue weighted by atomic mass is 79.9. The van der Waals surface area contributed by atoms with Crippen LogP contribution in [0.3, 0.4) is 0 Å². The lowest BCUT2D eigenvalue weighted by Gasteiger charge is -2.04. The highest BCUT2D eigenvalue weighted by molar-refractivity contribution is 9.08. The Morgan fingerprint density at radius 2 is 2.21 bits per heavy atom. The van der Waals surface area contributed by atoms with Crippen molar-refractivity contribution in [1.82, 2.24) is 0 Å². The first-order chi connectivity index (χ1) is 6.76. The molecule has 1 nitrogen and oxygen atoms in total. The highest BCUT2D eigenvalue weighted by Gasteiger charge is 2.07. The van der Waals surface area contributed by atoms with Gasteiger partial charge in [0.25, 0.3) is 0 Å². The van der Waals surface area contributed by atoms with E-state index < -0.39 is 0 Å². The molecule has 0 aliphatic carbocycles. The van der Waals surface area contributed by atoms with E-state index in [2.05, 4.69) is 35.0 Å². The third-order valence-electron chi connectivity index (χ3n) is 2.38. The zero-order chi connectivity index (χ0) is 10.1. The van der Waals surface area contributed by atoms with Crippen molar-refractivity contribution in [2.45, 2.75) is 18.7 Å². The van der Waals surface area contributed by atoms with Crippen LogP contribution in [0, 0.1) is 0 Å². The minimum atomic E-state index is 0.910. The fourth-order valence-corrected chi connectivity index (χ4v) is 2.98. The number of nitrogen functional groups attached to an aromatic ring is 1. The molecule has 2 rings (SSSR count). The van der Waals surface area contributed by atoms with E-state index in [4.69, 9.17) is 5.73 Å². The molecule has 2 N–H and O–H groups in total. The Morgan fingerprint density at radius 3 is 2.86 bits per heavy atom. The molecule has 3 heteroatoms. The van der Waals surface area contributed by atoms with Gasteiger partial charge in [-0.25, -0.2) is 0 Å². The van der Waals surface area contributed by atoms with Crippen molar-refractivity contribution in [3.63, 3.8) is 0 Å². The number of rotatable bonds is 2. The number of aryl methyl sites for hydroxylation is 1. The molecule has 0 unspecified atom stereocenters. The van der Waals surface area contributed by atoms with E-state index in [1.54, 1.807) is 11.3 Å². The SMILES string of the molecule is CCc1cc(CBr)cc2scc(N)c12. The third kappa shape index (κ3) is 1.55. The summed E-state index contributed by atoms with van der Waals surface area (Å²) in [5.74, 6) is 0. The smallest absolute Gasteiger partial charge is 0.0505 e. The Hall–Kier alpha value is -0.540. The van der Waals surface area contributed by atoms with Crippen LogP contribution in [0.1, 0.15) is 18.1 Å². The standard InChI is InChI=1S/C11H12BrNS/c1-2-8-3-7(5-12)4-10-11(8)9(13)6-14-10/h3-4,6H,2,5,13H2,1H3. The molecule has 0 saturated heterocycles. The fourth-order valence-electron chi connectivity index (χ4n) is 1.70. The van der Waals surface area contributed by atoms with Crippen LogP contribution in [0.5, 0.6) is 0 Å². The summed E-state index contributed by atoms with van der Waals surface area (Å²) in [5, 5.41) is 4.19. The van der Waals surface area contributed by atoms with Crippen molar-refractivity contribution in [3.8, 4) is 0 Å². The van der Waals surface area contributed by atoms with Gasteiger partial charge in [0, 0.05) is 20.8 Å². The molecule has 0 radical (unpaired) electrons. The minimum Gasteiger partial charge on any atom is -0.398 e. The van der Waals surface area contributed by atoms with Gasteiger partial charge in [-0.15, -0.1) is 11.3 Å². The second-order valence-electron chi connectivity index (χ2n) is 3.31. The zero-order valence-electron chi connectivity index (χ0n) is 8.01. The maximum absolute atomic E-state index is 5.94. The van der Waals surface area contributed by atoms with Crippen molar-refractivity contribution in [1.29, 1.82) is 0 Å². The fraction of sp³-hybridized carbons (Fsp3) is 0.273. The first-order valence-electron chi connectivity index (χ1n) is 4.60. The van der Waals surface area contributed by atoms with Crippen LogP contribution in [-0.4, -0.2) is 0 Å². The number of hydrogen-bond donors (Lipinski definition) is 1. The summed E-state index contributed by atoms with van der Waals surface area (Å²) in [5.41, 5.74) is 9.55. The molecule has 0 aliphatic heterocycles. The normalized spacial score (nSPS) is 11.0. The van der Waals surface area contributed by atoms with Crippen molar-refractivity contribution in [3.05, 3.63) is 28.6 Å². The van der Waals surface area contributed by atoms with Crippen LogP contribution < -0.4 is 5.73 Å². The topological polar surface area (TPSA) is 26.0 Å². The van der Waals surface area contributed by atoms with E-state index in [9.17, 15) is 0 Å². The number of alkyl halides is 1. The number of benzene rings is 1. The van der Waals surface area contributed by atoms with Crippen LogP contribution in [0.4, 0.5) is 5.69 Å². The van der Waals surface area contributed by atoms with Gasteiger partial charge in [0.2, 0.25) is 0 Å². The van der Waals surface area contributed by atoms with Crippen LogP contribution in [0.2, 0.25) is 0 Å². The van der Waals surface area contributed by atoms with Gasteiger partial charge < -0.3 is 5.73 Å². The maximum Gasteiger partial charge on any atom is 0.0505 e. The molecule has 0 spiro atoms. The van der Waals surface area contributed by atoms with Crippen LogP contribution in [-0.2, 0) is 11.8 Å².